The monoisotopic (exact) mass is 423 g/mol. The lowest BCUT2D eigenvalue weighted by molar-refractivity contribution is 0.0819. The number of benzene rings is 1. The number of rotatable bonds is 6. The molecule has 0 bridgehead atoms. The quantitative estimate of drug-likeness (QED) is 0.566. The Hall–Kier alpha value is -3.29. The molecule has 3 aromatic rings. The van der Waals surface area contributed by atoms with Crippen molar-refractivity contribution in [1.82, 2.24) is 24.5 Å². The van der Waals surface area contributed by atoms with Crippen LogP contribution in [0.15, 0.2) is 30.5 Å². The van der Waals surface area contributed by atoms with E-state index in [0.717, 1.165) is 29.8 Å². The molecule has 162 valence electrons. The number of Topliss-reactive ketones (excluding diaryl/α,β-unsaturated/α-hetero) is 1. The SMILES string of the molecule is CC(=O)c1cc(F)ccc1-n1nc(C)cc1Cc1cn(C2CCC2)nc1C(=O)N(C)C. The lowest BCUT2D eigenvalue weighted by atomic mass is 9.93. The second-order valence-electron chi connectivity index (χ2n) is 8.35. The summed E-state index contributed by atoms with van der Waals surface area (Å²) in [6, 6.07) is 6.35. The molecule has 31 heavy (non-hydrogen) atoms. The van der Waals surface area contributed by atoms with Gasteiger partial charge in [-0.3, -0.25) is 14.3 Å². The summed E-state index contributed by atoms with van der Waals surface area (Å²) in [5.74, 6) is -0.864. The highest BCUT2D eigenvalue weighted by molar-refractivity contribution is 5.97. The first kappa shape index (κ1) is 21.0. The fraction of sp³-hybridized carbons (Fsp3) is 0.391. The zero-order valence-electron chi connectivity index (χ0n) is 18.2. The predicted octanol–water partition coefficient (Wildman–Crippen LogP) is 3.74. The summed E-state index contributed by atoms with van der Waals surface area (Å²) < 4.78 is 17.3. The van der Waals surface area contributed by atoms with E-state index < -0.39 is 5.82 Å². The molecule has 2 aromatic heterocycles. The van der Waals surface area contributed by atoms with Crippen molar-refractivity contribution in [3.63, 3.8) is 0 Å². The highest BCUT2D eigenvalue weighted by atomic mass is 19.1. The van der Waals surface area contributed by atoms with E-state index in [-0.39, 0.29) is 17.3 Å². The van der Waals surface area contributed by atoms with Crippen molar-refractivity contribution in [2.24, 2.45) is 0 Å². The molecule has 2 heterocycles. The van der Waals surface area contributed by atoms with Crippen LogP contribution in [0, 0.1) is 12.7 Å². The molecular formula is C23H26FN5O2. The van der Waals surface area contributed by atoms with Crippen molar-refractivity contribution < 1.29 is 14.0 Å². The molecule has 0 N–H and O–H groups in total. The Morgan fingerprint density at radius 2 is 1.94 bits per heavy atom. The number of aromatic nitrogens is 4. The Morgan fingerprint density at radius 3 is 2.55 bits per heavy atom. The Morgan fingerprint density at radius 1 is 1.19 bits per heavy atom. The third-order valence-electron chi connectivity index (χ3n) is 5.71. The Balaban J connectivity index is 1.78. The van der Waals surface area contributed by atoms with Gasteiger partial charge < -0.3 is 4.90 Å². The summed E-state index contributed by atoms with van der Waals surface area (Å²) in [5.41, 5.74) is 3.57. The molecule has 0 spiro atoms. The third-order valence-corrected chi connectivity index (χ3v) is 5.71. The van der Waals surface area contributed by atoms with Gasteiger partial charge in [-0.05, 0) is 57.4 Å². The van der Waals surface area contributed by atoms with Gasteiger partial charge in [-0.15, -0.1) is 0 Å². The van der Waals surface area contributed by atoms with Crippen molar-refractivity contribution in [2.75, 3.05) is 14.1 Å². The van der Waals surface area contributed by atoms with Crippen molar-refractivity contribution in [3.8, 4) is 5.69 Å². The van der Waals surface area contributed by atoms with Gasteiger partial charge in [0.15, 0.2) is 11.5 Å². The van der Waals surface area contributed by atoms with Crippen molar-refractivity contribution >= 4 is 11.7 Å². The molecule has 8 heteroatoms. The second-order valence-corrected chi connectivity index (χ2v) is 8.35. The first-order valence-corrected chi connectivity index (χ1v) is 10.4. The Labute approximate surface area is 180 Å². The van der Waals surface area contributed by atoms with Crippen LogP contribution in [-0.2, 0) is 6.42 Å². The van der Waals surface area contributed by atoms with E-state index in [4.69, 9.17) is 0 Å². The zero-order chi connectivity index (χ0) is 22.3. The van der Waals surface area contributed by atoms with Crippen molar-refractivity contribution in [3.05, 3.63) is 64.5 Å². The predicted molar refractivity (Wildman–Crippen MR) is 114 cm³/mol. The second kappa shape index (κ2) is 8.09. The molecule has 4 rings (SSSR count). The van der Waals surface area contributed by atoms with Crippen LogP contribution in [0.3, 0.4) is 0 Å². The van der Waals surface area contributed by atoms with E-state index in [2.05, 4.69) is 10.2 Å². The molecule has 1 saturated carbocycles. The molecule has 1 fully saturated rings. The molecule has 1 aliphatic carbocycles. The van der Waals surface area contributed by atoms with Crippen LogP contribution >= 0.6 is 0 Å². The minimum atomic E-state index is -0.472. The number of hydrogen-bond acceptors (Lipinski definition) is 4. The average molecular weight is 423 g/mol. The van der Waals surface area contributed by atoms with E-state index in [9.17, 15) is 14.0 Å². The maximum Gasteiger partial charge on any atom is 0.274 e. The molecule has 0 unspecified atom stereocenters. The molecule has 7 nitrogen and oxygen atoms in total. The lowest BCUT2D eigenvalue weighted by Crippen LogP contribution is -2.24. The van der Waals surface area contributed by atoms with Crippen LogP contribution in [0.5, 0.6) is 0 Å². The molecule has 0 aliphatic heterocycles. The maximum absolute atomic E-state index is 13.8. The first-order valence-electron chi connectivity index (χ1n) is 10.4. The van der Waals surface area contributed by atoms with Gasteiger partial charge in [-0.25, -0.2) is 9.07 Å². The van der Waals surface area contributed by atoms with Gasteiger partial charge in [0.05, 0.1) is 17.4 Å². The topological polar surface area (TPSA) is 73.0 Å². The fourth-order valence-electron chi connectivity index (χ4n) is 3.85. The zero-order valence-corrected chi connectivity index (χ0v) is 18.2. The minimum absolute atomic E-state index is 0.151. The Bertz CT molecular complexity index is 1160. The molecule has 0 atom stereocenters. The van der Waals surface area contributed by atoms with Gasteiger partial charge >= 0.3 is 0 Å². The van der Waals surface area contributed by atoms with Gasteiger partial charge in [0, 0.05) is 43.5 Å². The van der Waals surface area contributed by atoms with Crippen LogP contribution in [-0.4, -0.2) is 50.2 Å². The number of hydrogen-bond donors (Lipinski definition) is 0. The number of amides is 1. The van der Waals surface area contributed by atoms with E-state index >= 15 is 0 Å². The van der Waals surface area contributed by atoms with E-state index in [0.29, 0.717) is 23.8 Å². The van der Waals surface area contributed by atoms with Gasteiger partial charge in [-0.2, -0.15) is 10.2 Å². The number of halogens is 1. The van der Waals surface area contributed by atoms with Crippen LogP contribution in [0.4, 0.5) is 4.39 Å². The average Bonchev–Trinajstić information content (AvgIpc) is 3.23. The summed E-state index contributed by atoms with van der Waals surface area (Å²) in [4.78, 5) is 26.4. The van der Waals surface area contributed by atoms with Crippen molar-refractivity contribution in [2.45, 2.75) is 45.6 Å². The summed E-state index contributed by atoms with van der Waals surface area (Å²) >= 11 is 0. The molecule has 0 radical (unpaired) electrons. The number of nitrogens with zero attached hydrogens (tertiary/aromatic N) is 5. The first-order chi connectivity index (χ1) is 14.7. The summed E-state index contributed by atoms with van der Waals surface area (Å²) in [6.07, 6.45) is 5.65. The summed E-state index contributed by atoms with van der Waals surface area (Å²) in [6.45, 7) is 3.27. The number of ketones is 1. The molecule has 1 amide bonds. The van der Waals surface area contributed by atoms with Crippen LogP contribution in [0.25, 0.3) is 5.69 Å². The fourth-order valence-corrected chi connectivity index (χ4v) is 3.85. The van der Waals surface area contributed by atoms with E-state index in [1.807, 2.05) is 23.9 Å². The van der Waals surface area contributed by atoms with E-state index in [1.54, 1.807) is 24.8 Å². The molecule has 1 aliphatic rings. The minimum Gasteiger partial charge on any atom is -0.343 e. The van der Waals surface area contributed by atoms with Crippen LogP contribution < -0.4 is 0 Å². The molecule has 1 aromatic carbocycles. The van der Waals surface area contributed by atoms with Gasteiger partial charge in [-0.1, -0.05) is 0 Å². The van der Waals surface area contributed by atoms with Crippen molar-refractivity contribution in [1.29, 1.82) is 0 Å². The largest absolute Gasteiger partial charge is 0.343 e. The van der Waals surface area contributed by atoms with Crippen LogP contribution in [0.1, 0.15) is 70.0 Å². The lowest BCUT2D eigenvalue weighted by Gasteiger charge is -2.25. The smallest absolute Gasteiger partial charge is 0.274 e. The van der Waals surface area contributed by atoms with Crippen LogP contribution in [0.2, 0.25) is 0 Å². The van der Waals surface area contributed by atoms with Gasteiger partial charge in [0.1, 0.15) is 5.82 Å². The number of carbonyl (C=O) groups excluding carboxylic acids is 2. The number of carbonyl (C=O) groups is 2. The Kier molecular flexibility index (Phi) is 5.47. The summed E-state index contributed by atoms with van der Waals surface area (Å²) in [5, 5.41) is 9.16. The molecule has 0 saturated heterocycles. The standard InChI is InChI=1S/C23H26FN5O2/c1-14-10-19(29(25-14)21-9-8-17(24)12-20(21)15(2)30)11-16-13-28(18-6-5-7-18)26-22(16)23(31)27(3)4/h8-10,12-13,18H,5-7,11H2,1-4H3. The third kappa shape index (κ3) is 4.02. The summed E-state index contributed by atoms with van der Waals surface area (Å²) in [7, 11) is 3.42. The van der Waals surface area contributed by atoms with E-state index in [1.165, 1.54) is 30.4 Å². The highest BCUT2D eigenvalue weighted by Gasteiger charge is 2.26. The van der Waals surface area contributed by atoms with Gasteiger partial charge in [0.2, 0.25) is 0 Å². The molecular weight excluding hydrogens is 397 g/mol. The highest BCUT2D eigenvalue weighted by Crippen LogP contribution is 2.32. The van der Waals surface area contributed by atoms with Gasteiger partial charge in [0.25, 0.3) is 5.91 Å². The normalized spacial score (nSPS) is 13.8. The maximum atomic E-state index is 13.8. The number of aryl methyl sites for hydroxylation is 1.